The maximum Gasteiger partial charge on any atom is 0.337 e. The summed E-state index contributed by atoms with van der Waals surface area (Å²) < 4.78 is 26.6. The summed E-state index contributed by atoms with van der Waals surface area (Å²) in [5, 5.41) is 17.9. The van der Waals surface area contributed by atoms with E-state index < -0.39 is 23.7 Å². The molecule has 0 aliphatic rings. The highest BCUT2D eigenvalue weighted by molar-refractivity contribution is 5.74. The second kappa shape index (κ2) is 5.16. The summed E-state index contributed by atoms with van der Waals surface area (Å²) in [6.07, 6.45) is -1.77. The number of benzene rings is 2. The van der Waals surface area contributed by atoms with Gasteiger partial charge in [-0.25, -0.2) is 13.6 Å². The molecule has 2 N–H and O–H groups in total. The molecule has 5 heteroatoms. The van der Waals surface area contributed by atoms with Crippen molar-refractivity contribution in [2.75, 3.05) is 0 Å². The Morgan fingerprint density at radius 3 is 2.21 bits per heavy atom. The number of halogens is 2. The predicted molar refractivity (Wildman–Crippen MR) is 64.4 cm³/mol. The monoisotopic (exact) mass is 264 g/mol. The Balaban J connectivity index is 2.39. The Morgan fingerprint density at radius 2 is 1.68 bits per heavy atom. The maximum absolute atomic E-state index is 13.9. The van der Waals surface area contributed by atoms with Crippen LogP contribution in [0.15, 0.2) is 42.5 Å². The van der Waals surface area contributed by atoms with E-state index in [1.807, 2.05) is 0 Å². The van der Waals surface area contributed by atoms with Crippen LogP contribution in [0.1, 0.15) is 11.7 Å². The number of aliphatic hydroxyl groups excluding tert-OH is 1. The number of aliphatic hydroxyl groups is 1. The zero-order valence-electron chi connectivity index (χ0n) is 9.68. The molecule has 19 heavy (non-hydrogen) atoms. The van der Waals surface area contributed by atoms with E-state index in [1.54, 1.807) is 0 Å². The third kappa shape index (κ3) is 2.77. The number of aliphatic carboxylic acids is 1. The highest BCUT2D eigenvalue weighted by Crippen LogP contribution is 2.26. The highest BCUT2D eigenvalue weighted by atomic mass is 19.1. The number of carbonyl (C=O) groups is 1. The van der Waals surface area contributed by atoms with Crippen molar-refractivity contribution in [1.29, 1.82) is 0 Å². The van der Waals surface area contributed by atoms with Crippen LogP contribution in [0.3, 0.4) is 0 Å². The van der Waals surface area contributed by atoms with E-state index in [4.69, 9.17) is 5.11 Å². The summed E-state index contributed by atoms with van der Waals surface area (Å²) in [5.74, 6) is -2.56. The van der Waals surface area contributed by atoms with E-state index in [1.165, 1.54) is 36.4 Å². The molecule has 0 aliphatic heterocycles. The molecule has 1 atom stereocenters. The first kappa shape index (κ1) is 13.2. The molecule has 2 aromatic carbocycles. The minimum atomic E-state index is -1.77. The number of carboxylic acid groups (broad SMARTS) is 1. The molecule has 0 aromatic heterocycles. The van der Waals surface area contributed by atoms with Gasteiger partial charge in [0.2, 0.25) is 0 Å². The first-order valence-corrected chi connectivity index (χ1v) is 5.45. The third-order valence-corrected chi connectivity index (χ3v) is 2.70. The van der Waals surface area contributed by atoms with Crippen LogP contribution in [-0.4, -0.2) is 16.2 Å². The number of hydrogen-bond acceptors (Lipinski definition) is 2. The minimum absolute atomic E-state index is 0.0455. The van der Waals surface area contributed by atoms with Gasteiger partial charge in [-0.05, 0) is 29.3 Å². The van der Waals surface area contributed by atoms with Gasteiger partial charge < -0.3 is 10.2 Å². The molecule has 0 fully saturated rings. The third-order valence-electron chi connectivity index (χ3n) is 2.70. The van der Waals surface area contributed by atoms with Gasteiger partial charge in [0.25, 0.3) is 0 Å². The molecule has 2 rings (SSSR count). The fraction of sp³-hybridized carbons (Fsp3) is 0.0714. The predicted octanol–water partition coefficient (Wildman–Crippen LogP) is 2.75. The van der Waals surface area contributed by atoms with E-state index in [0.29, 0.717) is 5.56 Å². The van der Waals surface area contributed by atoms with Gasteiger partial charge in [0.15, 0.2) is 6.10 Å². The Morgan fingerprint density at radius 1 is 1.05 bits per heavy atom. The largest absolute Gasteiger partial charge is 0.479 e. The van der Waals surface area contributed by atoms with Crippen molar-refractivity contribution < 1.29 is 23.8 Å². The molecule has 0 bridgehead atoms. The second-order valence-corrected chi connectivity index (χ2v) is 3.99. The van der Waals surface area contributed by atoms with Crippen molar-refractivity contribution >= 4 is 5.97 Å². The lowest BCUT2D eigenvalue weighted by Gasteiger charge is -2.09. The number of carboxylic acids is 1. The lowest BCUT2D eigenvalue weighted by molar-refractivity contribution is -0.146. The molecule has 1 unspecified atom stereocenters. The summed E-state index contributed by atoms with van der Waals surface area (Å²) in [7, 11) is 0. The van der Waals surface area contributed by atoms with Crippen molar-refractivity contribution in [3.05, 3.63) is 59.7 Å². The first-order chi connectivity index (χ1) is 8.99. The zero-order chi connectivity index (χ0) is 14.0. The molecule has 3 nitrogen and oxygen atoms in total. The lowest BCUT2D eigenvalue weighted by atomic mass is 10.0. The Bertz CT molecular complexity index is 609. The van der Waals surface area contributed by atoms with Crippen molar-refractivity contribution in [3.63, 3.8) is 0 Å². The summed E-state index contributed by atoms with van der Waals surface area (Å²) in [4.78, 5) is 10.6. The summed E-state index contributed by atoms with van der Waals surface area (Å²) in [5.41, 5.74) is 0.632. The fourth-order valence-electron chi connectivity index (χ4n) is 1.71. The first-order valence-electron chi connectivity index (χ1n) is 5.45. The Labute approximate surface area is 107 Å². The zero-order valence-corrected chi connectivity index (χ0v) is 9.68. The van der Waals surface area contributed by atoms with E-state index in [9.17, 15) is 18.7 Å². The van der Waals surface area contributed by atoms with Gasteiger partial charge in [0.05, 0.1) is 0 Å². The molecule has 2 aromatic rings. The molecule has 0 saturated carbocycles. The minimum Gasteiger partial charge on any atom is -0.479 e. The molecular formula is C14H10F2O3. The van der Waals surface area contributed by atoms with E-state index >= 15 is 0 Å². The van der Waals surface area contributed by atoms with Gasteiger partial charge in [-0.15, -0.1) is 0 Å². The van der Waals surface area contributed by atoms with Gasteiger partial charge in [-0.3, -0.25) is 0 Å². The molecular weight excluding hydrogens is 254 g/mol. The van der Waals surface area contributed by atoms with Crippen LogP contribution in [-0.2, 0) is 4.79 Å². The fourth-order valence-corrected chi connectivity index (χ4v) is 1.71. The lowest BCUT2D eigenvalue weighted by Crippen LogP contribution is -2.10. The van der Waals surface area contributed by atoms with Crippen LogP contribution in [0.25, 0.3) is 11.1 Å². The van der Waals surface area contributed by atoms with Gasteiger partial charge in [-0.2, -0.15) is 0 Å². The molecule has 0 spiro atoms. The summed E-state index contributed by atoms with van der Waals surface area (Å²) in [6, 6.07) is 8.87. The van der Waals surface area contributed by atoms with Crippen LogP contribution in [0.2, 0.25) is 0 Å². The van der Waals surface area contributed by atoms with Gasteiger partial charge in [0, 0.05) is 5.56 Å². The van der Waals surface area contributed by atoms with Gasteiger partial charge in [-0.1, -0.05) is 24.3 Å². The molecule has 98 valence electrons. The van der Waals surface area contributed by atoms with E-state index in [-0.39, 0.29) is 11.1 Å². The average molecular weight is 264 g/mol. The SMILES string of the molecule is O=C(O)C(O)c1ccc(-c2ccc(F)cc2)c(F)c1. The van der Waals surface area contributed by atoms with Crippen LogP contribution >= 0.6 is 0 Å². The molecule has 0 amide bonds. The summed E-state index contributed by atoms with van der Waals surface area (Å²) in [6.45, 7) is 0. The van der Waals surface area contributed by atoms with E-state index in [2.05, 4.69) is 0 Å². The molecule has 0 aliphatic carbocycles. The molecule has 0 radical (unpaired) electrons. The van der Waals surface area contributed by atoms with Crippen molar-refractivity contribution in [2.24, 2.45) is 0 Å². The van der Waals surface area contributed by atoms with Crippen molar-refractivity contribution in [3.8, 4) is 11.1 Å². The summed E-state index contributed by atoms with van der Waals surface area (Å²) >= 11 is 0. The van der Waals surface area contributed by atoms with Gasteiger partial charge in [0.1, 0.15) is 11.6 Å². The number of rotatable bonds is 3. The van der Waals surface area contributed by atoms with Gasteiger partial charge >= 0.3 is 5.97 Å². The van der Waals surface area contributed by atoms with Crippen molar-refractivity contribution in [1.82, 2.24) is 0 Å². The molecule has 0 saturated heterocycles. The Hall–Kier alpha value is -2.27. The van der Waals surface area contributed by atoms with Crippen LogP contribution in [0.4, 0.5) is 8.78 Å². The van der Waals surface area contributed by atoms with E-state index in [0.717, 1.165) is 6.07 Å². The smallest absolute Gasteiger partial charge is 0.337 e. The van der Waals surface area contributed by atoms with Crippen LogP contribution in [0, 0.1) is 11.6 Å². The standard InChI is InChI=1S/C14H10F2O3/c15-10-4-1-8(2-5-10)11-6-3-9(7-12(11)16)13(17)14(18)19/h1-7,13,17H,(H,18,19). The van der Waals surface area contributed by atoms with Crippen LogP contribution in [0.5, 0.6) is 0 Å². The maximum atomic E-state index is 13.9. The molecule has 0 heterocycles. The topological polar surface area (TPSA) is 57.5 Å². The second-order valence-electron chi connectivity index (χ2n) is 3.99. The quantitative estimate of drug-likeness (QED) is 0.896. The number of hydrogen-bond donors (Lipinski definition) is 2. The highest BCUT2D eigenvalue weighted by Gasteiger charge is 2.17. The van der Waals surface area contributed by atoms with Crippen molar-refractivity contribution in [2.45, 2.75) is 6.10 Å². The Kier molecular flexibility index (Phi) is 3.57. The van der Waals surface area contributed by atoms with Crippen LogP contribution < -0.4 is 0 Å². The normalized spacial score (nSPS) is 12.2. The average Bonchev–Trinajstić information content (AvgIpc) is 2.39.